The first-order valence-electron chi connectivity index (χ1n) is 6.81. The van der Waals surface area contributed by atoms with Crippen molar-refractivity contribution in [2.45, 2.75) is 26.7 Å². The Morgan fingerprint density at radius 1 is 1.26 bits per heavy atom. The van der Waals surface area contributed by atoms with Crippen molar-refractivity contribution in [3.63, 3.8) is 0 Å². The molecular weight excluding hydrogens is 242 g/mol. The van der Waals surface area contributed by atoms with Gasteiger partial charge in [0.25, 0.3) is 5.91 Å². The second-order valence-corrected chi connectivity index (χ2v) is 5.55. The zero-order chi connectivity index (χ0) is 14.0. The molecule has 0 aromatic heterocycles. The number of likely N-dealkylation sites (tertiary alicyclic amines) is 1. The molecule has 4 heteroatoms. The van der Waals surface area contributed by atoms with E-state index in [1.807, 2.05) is 0 Å². The molecule has 2 rings (SSSR count). The summed E-state index contributed by atoms with van der Waals surface area (Å²) in [5.41, 5.74) is 0.183. The maximum Gasteiger partial charge on any atom is 0.257 e. The van der Waals surface area contributed by atoms with Crippen molar-refractivity contribution in [3.05, 3.63) is 23.8 Å². The minimum Gasteiger partial charge on any atom is -0.504 e. The number of carbonyl (C=O) groups is 1. The number of carbonyl (C=O) groups excluding carboxylic acids is 1. The zero-order valence-electron chi connectivity index (χ0n) is 11.5. The summed E-state index contributed by atoms with van der Waals surface area (Å²) in [6, 6.07) is 4.49. The standard InChI is InChI=1S/C15H21NO3/c1-10(2)11-6-8-16(9-7-11)15(19)12-4-3-5-13(17)14(12)18/h3-5,10-11,17-18H,6-9H2,1-2H3. The fourth-order valence-corrected chi connectivity index (χ4v) is 2.64. The van der Waals surface area contributed by atoms with Gasteiger partial charge < -0.3 is 15.1 Å². The third kappa shape index (κ3) is 2.83. The second kappa shape index (κ2) is 5.51. The van der Waals surface area contributed by atoms with Gasteiger partial charge in [-0.2, -0.15) is 0 Å². The molecule has 0 bridgehead atoms. The molecule has 1 heterocycles. The fourth-order valence-electron chi connectivity index (χ4n) is 2.64. The maximum atomic E-state index is 12.3. The Kier molecular flexibility index (Phi) is 3.98. The van der Waals surface area contributed by atoms with E-state index in [0.29, 0.717) is 11.8 Å². The molecule has 1 aromatic rings. The van der Waals surface area contributed by atoms with Gasteiger partial charge in [0, 0.05) is 13.1 Å². The summed E-state index contributed by atoms with van der Waals surface area (Å²) < 4.78 is 0. The molecule has 0 aliphatic carbocycles. The van der Waals surface area contributed by atoms with Crippen LogP contribution < -0.4 is 0 Å². The van der Waals surface area contributed by atoms with E-state index in [9.17, 15) is 15.0 Å². The number of amides is 1. The Hall–Kier alpha value is -1.71. The molecule has 4 nitrogen and oxygen atoms in total. The van der Waals surface area contributed by atoms with Crippen LogP contribution in [0.25, 0.3) is 0 Å². The lowest BCUT2D eigenvalue weighted by atomic mass is 9.86. The van der Waals surface area contributed by atoms with Crippen LogP contribution in [0.5, 0.6) is 11.5 Å². The average molecular weight is 263 g/mol. The van der Waals surface area contributed by atoms with E-state index in [2.05, 4.69) is 13.8 Å². The maximum absolute atomic E-state index is 12.3. The van der Waals surface area contributed by atoms with Crippen LogP contribution in [0.2, 0.25) is 0 Å². The summed E-state index contributed by atoms with van der Waals surface area (Å²) in [5.74, 6) is 0.547. The van der Waals surface area contributed by atoms with Crippen molar-refractivity contribution in [1.82, 2.24) is 4.90 Å². The molecule has 2 N–H and O–H groups in total. The molecule has 19 heavy (non-hydrogen) atoms. The number of benzene rings is 1. The highest BCUT2D eigenvalue weighted by molar-refractivity contribution is 5.97. The first-order valence-corrected chi connectivity index (χ1v) is 6.81. The first kappa shape index (κ1) is 13.7. The third-order valence-corrected chi connectivity index (χ3v) is 4.01. The molecule has 104 valence electrons. The van der Waals surface area contributed by atoms with E-state index in [0.717, 1.165) is 25.9 Å². The van der Waals surface area contributed by atoms with Crippen molar-refractivity contribution in [3.8, 4) is 11.5 Å². The summed E-state index contributed by atoms with van der Waals surface area (Å²) >= 11 is 0. The molecule has 0 spiro atoms. The predicted octanol–water partition coefficient (Wildman–Crippen LogP) is 2.61. The number of aromatic hydroxyl groups is 2. The summed E-state index contributed by atoms with van der Waals surface area (Å²) in [6.07, 6.45) is 2.01. The highest BCUT2D eigenvalue weighted by atomic mass is 16.3. The van der Waals surface area contributed by atoms with E-state index < -0.39 is 0 Å². The van der Waals surface area contributed by atoms with Crippen LogP contribution in [0.3, 0.4) is 0 Å². The molecule has 0 atom stereocenters. The SMILES string of the molecule is CC(C)C1CCN(C(=O)c2cccc(O)c2O)CC1. The summed E-state index contributed by atoms with van der Waals surface area (Å²) in [4.78, 5) is 14.1. The number of nitrogens with zero attached hydrogens (tertiary/aromatic N) is 1. The Bertz CT molecular complexity index is 462. The van der Waals surface area contributed by atoms with Crippen LogP contribution in [0.4, 0.5) is 0 Å². The molecule has 1 saturated heterocycles. The first-order chi connectivity index (χ1) is 9.00. The van der Waals surface area contributed by atoms with Gasteiger partial charge in [-0.3, -0.25) is 4.79 Å². The van der Waals surface area contributed by atoms with Gasteiger partial charge in [-0.1, -0.05) is 19.9 Å². The number of hydrogen-bond acceptors (Lipinski definition) is 3. The van der Waals surface area contributed by atoms with Gasteiger partial charge in [0.05, 0.1) is 5.56 Å². The van der Waals surface area contributed by atoms with Crippen molar-refractivity contribution < 1.29 is 15.0 Å². The number of rotatable bonds is 2. The summed E-state index contributed by atoms with van der Waals surface area (Å²) in [6.45, 7) is 5.86. The number of hydrogen-bond donors (Lipinski definition) is 2. The molecule has 1 aromatic carbocycles. The topological polar surface area (TPSA) is 60.8 Å². The van der Waals surface area contributed by atoms with Gasteiger partial charge in [0.2, 0.25) is 0 Å². The highest BCUT2D eigenvalue weighted by Crippen LogP contribution is 2.31. The Labute approximate surface area is 113 Å². The molecule has 1 fully saturated rings. The van der Waals surface area contributed by atoms with E-state index in [4.69, 9.17) is 0 Å². The number of phenolic OH excluding ortho intramolecular Hbond substituents is 2. The average Bonchev–Trinajstić information content (AvgIpc) is 2.41. The van der Waals surface area contributed by atoms with Crippen molar-refractivity contribution in [1.29, 1.82) is 0 Å². The van der Waals surface area contributed by atoms with Crippen LogP contribution >= 0.6 is 0 Å². The number of para-hydroxylation sites is 1. The van der Waals surface area contributed by atoms with Gasteiger partial charge in [-0.15, -0.1) is 0 Å². The minimum atomic E-state index is -0.321. The molecule has 1 aliphatic heterocycles. The van der Waals surface area contributed by atoms with Crippen LogP contribution in [0.1, 0.15) is 37.0 Å². The summed E-state index contributed by atoms with van der Waals surface area (Å²) in [7, 11) is 0. The largest absolute Gasteiger partial charge is 0.504 e. The van der Waals surface area contributed by atoms with Crippen molar-refractivity contribution >= 4 is 5.91 Å². The lowest BCUT2D eigenvalue weighted by Crippen LogP contribution is -2.39. The third-order valence-electron chi connectivity index (χ3n) is 4.01. The van der Waals surface area contributed by atoms with Gasteiger partial charge in [0.1, 0.15) is 0 Å². The molecule has 0 radical (unpaired) electrons. The second-order valence-electron chi connectivity index (χ2n) is 5.55. The zero-order valence-corrected chi connectivity index (χ0v) is 11.5. The molecule has 0 saturated carbocycles. The lowest BCUT2D eigenvalue weighted by molar-refractivity contribution is 0.0664. The highest BCUT2D eigenvalue weighted by Gasteiger charge is 2.26. The van der Waals surface area contributed by atoms with E-state index in [1.165, 1.54) is 6.07 Å². The molecule has 1 amide bonds. The van der Waals surface area contributed by atoms with E-state index in [1.54, 1.807) is 17.0 Å². The summed E-state index contributed by atoms with van der Waals surface area (Å²) in [5, 5.41) is 19.2. The Morgan fingerprint density at radius 3 is 2.47 bits per heavy atom. The fraction of sp³-hybridized carbons (Fsp3) is 0.533. The van der Waals surface area contributed by atoms with E-state index >= 15 is 0 Å². The minimum absolute atomic E-state index is 0.183. The van der Waals surface area contributed by atoms with Gasteiger partial charge in [-0.05, 0) is 36.8 Å². The normalized spacial score (nSPS) is 16.9. The number of piperidine rings is 1. The Morgan fingerprint density at radius 2 is 1.89 bits per heavy atom. The smallest absolute Gasteiger partial charge is 0.257 e. The quantitative estimate of drug-likeness (QED) is 0.806. The van der Waals surface area contributed by atoms with E-state index in [-0.39, 0.29) is 23.0 Å². The van der Waals surface area contributed by atoms with Crippen molar-refractivity contribution in [2.24, 2.45) is 11.8 Å². The molecule has 1 aliphatic rings. The van der Waals surface area contributed by atoms with Crippen LogP contribution in [-0.2, 0) is 0 Å². The van der Waals surface area contributed by atoms with Crippen LogP contribution in [-0.4, -0.2) is 34.1 Å². The van der Waals surface area contributed by atoms with Crippen molar-refractivity contribution in [2.75, 3.05) is 13.1 Å². The lowest BCUT2D eigenvalue weighted by Gasteiger charge is -2.34. The monoisotopic (exact) mass is 263 g/mol. The molecular formula is C15H21NO3. The Balaban J connectivity index is 2.07. The molecule has 0 unspecified atom stereocenters. The van der Waals surface area contributed by atoms with Gasteiger partial charge in [-0.25, -0.2) is 0 Å². The van der Waals surface area contributed by atoms with Gasteiger partial charge >= 0.3 is 0 Å². The van der Waals surface area contributed by atoms with Crippen LogP contribution in [0, 0.1) is 11.8 Å². The number of phenols is 2. The predicted molar refractivity (Wildman–Crippen MR) is 73.2 cm³/mol. The van der Waals surface area contributed by atoms with Gasteiger partial charge in [0.15, 0.2) is 11.5 Å². The van der Waals surface area contributed by atoms with Crippen LogP contribution in [0.15, 0.2) is 18.2 Å².